The Morgan fingerprint density at radius 2 is 2.08 bits per heavy atom. The molecule has 1 amide bonds. The Kier molecular flexibility index (Phi) is 4.44. The third-order valence-corrected chi connectivity index (χ3v) is 5.68. The lowest BCUT2D eigenvalue weighted by molar-refractivity contribution is -0.121. The lowest BCUT2D eigenvalue weighted by Crippen LogP contribution is -2.36. The topological polar surface area (TPSA) is 59.3 Å². The number of rotatable bonds is 4. The standard InChI is InChI=1S/C19H20N4OS/c1-13(25-19-22-21-17-11-4-5-12-23(17)19)18(24)20-16-10-6-8-14-7-2-3-9-15(14)16/h2-5,7,9,11-13,16H,6,8,10H2,1H3,(H,20,24)/t13-,16-/m1/s1. The summed E-state index contributed by atoms with van der Waals surface area (Å²) < 4.78 is 1.91. The summed E-state index contributed by atoms with van der Waals surface area (Å²) in [6, 6.07) is 14.3. The summed E-state index contributed by atoms with van der Waals surface area (Å²) in [5, 5.41) is 12.1. The van der Waals surface area contributed by atoms with Crippen LogP contribution in [-0.2, 0) is 11.2 Å². The van der Waals surface area contributed by atoms with Gasteiger partial charge in [0.15, 0.2) is 10.8 Å². The highest BCUT2D eigenvalue weighted by Crippen LogP contribution is 2.30. The van der Waals surface area contributed by atoms with Crippen molar-refractivity contribution >= 4 is 23.3 Å². The van der Waals surface area contributed by atoms with E-state index in [4.69, 9.17) is 0 Å². The van der Waals surface area contributed by atoms with Crippen molar-refractivity contribution in [2.24, 2.45) is 0 Å². The summed E-state index contributed by atoms with van der Waals surface area (Å²) in [6.07, 6.45) is 5.12. The predicted molar refractivity (Wildman–Crippen MR) is 98.6 cm³/mol. The van der Waals surface area contributed by atoms with Crippen LogP contribution in [0.3, 0.4) is 0 Å². The van der Waals surface area contributed by atoms with Gasteiger partial charge in [0.1, 0.15) is 0 Å². The third-order valence-electron chi connectivity index (χ3n) is 4.62. The Bertz CT molecular complexity index is 907. The Hall–Kier alpha value is -2.34. The maximum Gasteiger partial charge on any atom is 0.233 e. The number of aryl methyl sites for hydroxylation is 1. The molecule has 1 aliphatic carbocycles. The molecule has 0 aliphatic heterocycles. The monoisotopic (exact) mass is 352 g/mol. The molecule has 0 saturated heterocycles. The minimum Gasteiger partial charge on any atom is -0.348 e. The van der Waals surface area contributed by atoms with E-state index in [9.17, 15) is 4.79 Å². The van der Waals surface area contributed by atoms with Crippen molar-refractivity contribution in [2.45, 2.75) is 42.6 Å². The van der Waals surface area contributed by atoms with Crippen molar-refractivity contribution in [3.63, 3.8) is 0 Å². The number of carbonyl (C=O) groups excluding carboxylic acids is 1. The number of pyridine rings is 1. The minimum atomic E-state index is -0.235. The highest BCUT2D eigenvalue weighted by molar-refractivity contribution is 8.00. The summed E-state index contributed by atoms with van der Waals surface area (Å²) in [5.41, 5.74) is 3.40. The van der Waals surface area contributed by atoms with Crippen molar-refractivity contribution in [3.8, 4) is 0 Å². The molecule has 0 bridgehead atoms. The van der Waals surface area contributed by atoms with Crippen LogP contribution in [0.25, 0.3) is 5.65 Å². The summed E-state index contributed by atoms with van der Waals surface area (Å²) in [4.78, 5) is 12.7. The van der Waals surface area contributed by atoms with Gasteiger partial charge in [0.05, 0.1) is 11.3 Å². The van der Waals surface area contributed by atoms with E-state index in [-0.39, 0.29) is 17.2 Å². The van der Waals surface area contributed by atoms with Gasteiger partial charge in [0.25, 0.3) is 0 Å². The van der Waals surface area contributed by atoms with E-state index in [1.54, 1.807) is 0 Å². The first kappa shape index (κ1) is 16.1. The fourth-order valence-electron chi connectivity index (χ4n) is 3.30. The molecule has 1 N–H and O–H groups in total. The number of hydrogen-bond acceptors (Lipinski definition) is 4. The summed E-state index contributed by atoms with van der Waals surface area (Å²) in [7, 11) is 0. The van der Waals surface area contributed by atoms with Crippen LogP contribution in [-0.4, -0.2) is 25.8 Å². The van der Waals surface area contributed by atoms with Gasteiger partial charge in [-0.1, -0.05) is 42.1 Å². The van der Waals surface area contributed by atoms with E-state index < -0.39 is 0 Å². The highest BCUT2D eigenvalue weighted by atomic mass is 32.2. The molecule has 0 fully saturated rings. The summed E-state index contributed by atoms with van der Waals surface area (Å²) >= 11 is 1.44. The lowest BCUT2D eigenvalue weighted by atomic mass is 9.88. The molecule has 5 nitrogen and oxygen atoms in total. The fourth-order valence-corrected chi connectivity index (χ4v) is 4.15. The average Bonchev–Trinajstić information content (AvgIpc) is 3.05. The van der Waals surface area contributed by atoms with Gasteiger partial charge in [-0.05, 0) is 49.4 Å². The SMILES string of the molecule is C[C@@H](Sc1nnc2ccccn12)C(=O)N[C@@H]1CCCc2ccccc21. The summed E-state index contributed by atoms with van der Waals surface area (Å²) in [6.45, 7) is 1.92. The van der Waals surface area contributed by atoms with Crippen LogP contribution in [0.15, 0.2) is 53.8 Å². The van der Waals surface area contributed by atoms with Gasteiger partial charge in [-0.3, -0.25) is 9.20 Å². The van der Waals surface area contributed by atoms with Crippen molar-refractivity contribution in [3.05, 3.63) is 59.8 Å². The number of hydrogen-bond donors (Lipinski definition) is 1. The Balaban J connectivity index is 1.46. The second-order valence-corrected chi connectivity index (χ2v) is 7.63. The number of amides is 1. The third kappa shape index (κ3) is 3.26. The molecular weight excluding hydrogens is 332 g/mol. The van der Waals surface area contributed by atoms with E-state index in [0.717, 1.165) is 30.1 Å². The van der Waals surface area contributed by atoms with Gasteiger partial charge < -0.3 is 5.32 Å². The maximum absolute atomic E-state index is 12.7. The Labute approximate surface area is 150 Å². The Morgan fingerprint density at radius 1 is 1.24 bits per heavy atom. The molecule has 0 spiro atoms. The van der Waals surface area contributed by atoms with Crippen molar-refractivity contribution in [1.29, 1.82) is 0 Å². The van der Waals surface area contributed by atoms with E-state index >= 15 is 0 Å². The Morgan fingerprint density at radius 3 is 3.00 bits per heavy atom. The largest absolute Gasteiger partial charge is 0.348 e. The van der Waals surface area contributed by atoms with Crippen LogP contribution in [0.5, 0.6) is 0 Å². The molecule has 2 atom stereocenters. The fraction of sp³-hybridized carbons (Fsp3) is 0.316. The molecule has 4 rings (SSSR count). The van der Waals surface area contributed by atoms with Gasteiger partial charge >= 0.3 is 0 Å². The van der Waals surface area contributed by atoms with Crippen molar-refractivity contribution in [2.75, 3.05) is 0 Å². The van der Waals surface area contributed by atoms with Gasteiger partial charge in [-0.2, -0.15) is 0 Å². The van der Waals surface area contributed by atoms with Crippen LogP contribution in [0, 0.1) is 0 Å². The number of thioether (sulfide) groups is 1. The smallest absolute Gasteiger partial charge is 0.233 e. The summed E-state index contributed by atoms with van der Waals surface area (Å²) in [5.74, 6) is 0.0411. The van der Waals surface area contributed by atoms with E-state index in [1.807, 2.05) is 41.8 Å². The molecule has 2 aromatic heterocycles. The number of aromatic nitrogens is 3. The quantitative estimate of drug-likeness (QED) is 0.731. The zero-order chi connectivity index (χ0) is 17.2. The van der Waals surface area contributed by atoms with Gasteiger partial charge in [0, 0.05) is 6.20 Å². The van der Waals surface area contributed by atoms with Gasteiger partial charge in [0.2, 0.25) is 5.91 Å². The zero-order valence-corrected chi connectivity index (χ0v) is 14.9. The molecule has 0 saturated carbocycles. The first-order chi connectivity index (χ1) is 12.2. The molecule has 128 valence electrons. The van der Waals surface area contributed by atoms with Crippen LogP contribution < -0.4 is 5.32 Å². The molecule has 1 aliphatic rings. The van der Waals surface area contributed by atoms with Crippen LogP contribution in [0.2, 0.25) is 0 Å². The molecular formula is C19H20N4OS. The number of nitrogens with one attached hydrogen (secondary N) is 1. The van der Waals surface area contributed by atoms with E-state index in [0.29, 0.717) is 0 Å². The van der Waals surface area contributed by atoms with Crippen molar-refractivity contribution in [1.82, 2.24) is 19.9 Å². The minimum absolute atomic E-state index is 0.0411. The number of benzene rings is 1. The van der Waals surface area contributed by atoms with Gasteiger partial charge in [-0.15, -0.1) is 10.2 Å². The second kappa shape index (κ2) is 6.88. The van der Waals surface area contributed by atoms with E-state index in [1.165, 1.54) is 22.9 Å². The second-order valence-electron chi connectivity index (χ2n) is 6.32. The average molecular weight is 352 g/mol. The first-order valence-corrected chi connectivity index (χ1v) is 9.45. The van der Waals surface area contributed by atoms with E-state index in [2.05, 4.69) is 33.7 Å². The highest BCUT2D eigenvalue weighted by Gasteiger charge is 2.24. The van der Waals surface area contributed by atoms with Gasteiger partial charge in [-0.25, -0.2) is 0 Å². The molecule has 0 unspecified atom stereocenters. The zero-order valence-electron chi connectivity index (χ0n) is 14.1. The van der Waals surface area contributed by atoms with Crippen LogP contribution in [0.1, 0.15) is 36.9 Å². The van der Waals surface area contributed by atoms with Crippen LogP contribution in [0.4, 0.5) is 0 Å². The van der Waals surface area contributed by atoms with Crippen molar-refractivity contribution < 1.29 is 4.79 Å². The number of fused-ring (bicyclic) bond motifs is 2. The molecule has 1 aromatic carbocycles. The maximum atomic E-state index is 12.7. The van der Waals surface area contributed by atoms with Crippen LogP contribution >= 0.6 is 11.8 Å². The molecule has 6 heteroatoms. The number of carbonyl (C=O) groups is 1. The first-order valence-electron chi connectivity index (χ1n) is 8.57. The normalized spacial score (nSPS) is 17.9. The molecule has 0 radical (unpaired) electrons. The molecule has 3 aromatic rings. The predicted octanol–water partition coefficient (Wildman–Crippen LogP) is 3.40. The lowest BCUT2D eigenvalue weighted by Gasteiger charge is -2.27. The molecule has 25 heavy (non-hydrogen) atoms. The molecule has 2 heterocycles. The number of nitrogens with zero attached hydrogens (tertiary/aromatic N) is 3.